The van der Waals surface area contributed by atoms with Gasteiger partial charge in [0.1, 0.15) is 6.07 Å². The summed E-state index contributed by atoms with van der Waals surface area (Å²) < 4.78 is 3.51. The molecule has 0 spiro atoms. The van der Waals surface area contributed by atoms with Crippen LogP contribution in [0.25, 0.3) is 16.6 Å². The predicted molar refractivity (Wildman–Crippen MR) is 90.5 cm³/mol. The number of nitrogens with zero attached hydrogens (tertiary/aromatic N) is 6. The van der Waals surface area contributed by atoms with Crippen molar-refractivity contribution in [3.05, 3.63) is 60.9 Å². The third-order valence-corrected chi connectivity index (χ3v) is 4.61. The van der Waals surface area contributed by atoms with Gasteiger partial charge >= 0.3 is 0 Å². The van der Waals surface area contributed by atoms with E-state index in [0.717, 1.165) is 26.4 Å². The molecule has 0 aliphatic rings. The third-order valence-electron chi connectivity index (χ3n) is 3.60. The fourth-order valence-corrected chi connectivity index (χ4v) is 3.51. The summed E-state index contributed by atoms with van der Waals surface area (Å²) in [6.07, 6.45) is 10.8. The van der Waals surface area contributed by atoms with Crippen molar-refractivity contribution in [3.63, 3.8) is 0 Å². The third kappa shape index (κ3) is 2.53. The fourth-order valence-electron chi connectivity index (χ4n) is 2.51. The van der Waals surface area contributed by atoms with E-state index in [1.54, 1.807) is 39.5 Å². The Morgan fingerprint density at radius 1 is 1.12 bits per heavy atom. The van der Waals surface area contributed by atoms with Gasteiger partial charge in [-0.25, -0.2) is 4.52 Å². The molecular weight excluding hydrogens is 320 g/mol. The summed E-state index contributed by atoms with van der Waals surface area (Å²) in [7, 11) is 1.88. The maximum atomic E-state index is 9.37. The highest BCUT2D eigenvalue weighted by atomic mass is 32.2. The first-order valence-corrected chi connectivity index (χ1v) is 8.04. The van der Waals surface area contributed by atoms with Crippen molar-refractivity contribution in [2.24, 2.45) is 7.05 Å². The second kappa shape index (κ2) is 5.83. The van der Waals surface area contributed by atoms with Gasteiger partial charge < -0.3 is 0 Å². The fraction of sp³-hybridized carbons (Fsp3) is 0.0588. The van der Waals surface area contributed by atoms with E-state index in [1.165, 1.54) is 0 Å². The van der Waals surface area contributed by atoms with Crippen molar-refractivity contribution in [2.75, 3.05) is 0 Å². The molecule has 0 fully saturated rings. The first-order valence-electron chi connectivity index (χ1n) is 7.23. The monoisotopic (exact) mass is 332 g/mol. The summed E-state index contributed by atoms with van der Waals surface area (Å²) in [4.78, 5) is 6.12. The number of hydrogen-bond acceptors (Lipinski definition) is 5. The van der Waals surface area contributed by atoms with Crippen LogP contribution in [0, 0.1) is 11.3 Å². The molecule has 0 bridgehead atoms. The van der Waals surface area contributed by atoms with E-state index in [1.807, 2.05) is 37.8 Å². The van der Waals surface area contributed by atoms with Crippen LogP contribution in [-0.4, -0.2) is 24.4 Å². The van der Waals surface area contributed by atoms with Gasteiger partial charge in [-0.05, 0) is 18.2 Å². The SMILES string of the molecule is Cn1cc(-c2cc(Sc3cccnc3)c3c(C#N)cnn3c2)cn1. The molecule has 0 N–H and O–H groups in total. The van der Waals surface area contributed by atoms with E-state index < -0.39 is 0 Å². The van der Waals surface area contributed by atoms with Gasteiger partial charge in [0, 0.05) is 52.8 Å². The van der Waals surface area contributed by atoms with Crippen LogP contribution in [0.15, 0.2) is 65.2 Å². The first kappa shape index (κ1) is 14.5. The molecule has 0 aliphatic carbocycles. The van der Waals surface area contributed by atoms with Crippen LogP contribution in [0.3, 0.4) is 0 Å². The molecule has 0 unspecified atom stereocenters. The van der Waals surface area contributed by atoms with Crippen molar-refractivity contribution in [2.45, 2.75) is 9.79 Å². The number of pyridine rings is 2. The molecule has 0 amide bonds. The van der Waals surface area contributed by atoms with Gasteiger partial charge in [0.2, 0.25) is 0 Å². The molecule has 0 saturated carbocycles. The van der Waals surface area contributed by atoms with E-state index >= 15 is 0 Å². The molecule has 4 heterocycles. The summed E-state index contributed by atoms with van der Waals surface area (Å²) in [5.74, 6) is 0. The van der Waals surface area contributed by atoms with Crippen molar-refractivity contribution in [1.82, 2.24) is 24.4 Å². The number of hydrogen-bond donors (Lipinski definition) is 0. The Balaban J connectivity index is 1.91. The van der Waals surface area contributed by atoms with Gasteiger partial charge in [0.15, 0.2) is 0 Å². The second-order valence-corrected chi connectivity index (χ2v) is 6.37. The summed E-state index contributed by atoms with van der Waals surface area (Å²) in [5, 5.41) is 17.9. The molecule has 6 nitrogen and oxygen atoms in total. The summed E-state index contributed by atoms with van der Waals surface area (Å²) >= 11 is 1.57. The number of fused-ring (bicyclic) bond motifs is 1. The Morgan fingerprint density at radius 3 is 2.75 bits per heavy atom. The average Bonchev–Trinajstić information content (AvgIpc) is 3.21. The Bertz CT molecular complexity index is 1060. The van der Waals surface area contributed by atoms with Crippen LogP contribution in [0.4, 0.5) is 0 Å². The molecule has 0 aliphatic heterocycles. The second-order valence-electron chi connectivity index (χ2n) is 5.25. The quantitative estimate of drug-likeness (QED) is 0.576. The van der Waals surface area contributed by atoms with Gasteiger partial charge in [0.05, 0.1) is 23.5 Å². The van der Waals surface area contributed by atoms with Gasteiger partial charge in [-0.3, -0.25) is 9.67 Å². The van der Waals surface area contributed by atoms with E-state index in [2.05, 4.69) is 27.3 Å². The molecule has 4 aromatic rings. The zero-order valence-electron chi connectivity index (χ0n) is 12.8. The Kier molecular flexibility index (Phi) is 3.52. The number of rotatable bonds is 3. The minimum absolute atomic E-state index is 0.555. The largest absolute Gasteiger partial charge is 0.275 e. The molecule has 0 saturated heterocycles. The summed E-state index contributed by atoms with van der Waals surface area (Å²) in [6.45, 7) is 0. The van der Waals surface area contributed by atoms with Crippen LogP contribution >= 0.6 is 11.8 Å². The Morgan fingerprint density at radius 2 is 2.04 bits per heavy atom. The van der Waals surface area contributed by atoms with Crippen molar-refractivity contribution >= 4 is 17.3 Å². The minimum Gasteiger partial charge on any atom is -0.275 e. The highest BCUT2D eigenvalue weighted by molar-refractivity contribution is 7.99. The van der Waals surface area contributed by atoms with Crippen LogP contribution in [-0.2, 0) is 7.05 Å². The molecule has 7 heteroatoms. The number of aryl methyl sites for hydroxylation is 1. The summed E-state index contributed by atoms with van der Waals surface area (Å²) in [6, 6.07) is 8.16. The topological polar surface area (TPSA) is 71.8 Å². The van der Waals surface area contributed by atoms with Crippen LogP contribution in [0.2, 0.25) is 0 Å². The van der Waals surface area contributed by atoms with Crippen molar-refractivity contribution < 1.29 is 0 Å². The highest BCUT2D eigenvalue weighted by Gasteiger charge is 2.14. The maximum Gasteiger partial charge on any atom is 0.103 e. The Labute approximate surface area is 142 Å². The minimum atomic E-state index is 0.555. The Hall–Kier alpha value is -3.11. The van der Waals surface area contributed by atoms with E-state index in [-0.39, 0.29) is 0 Å². The maximum absolute atomic E-state index is 9.37. The van der Waals surface area contributed by atoms with Crippen molar-refractivity contribution in [1.29, 1.82) is 5.26 Å². The lowest BCUT2D eigenvalue weighted by Crippen LogP contribution is -1.92. The zero-order valence-corrected chi connectivity index (χ0v) is 13.6. The average molecular weight is 332 g/mol. The molecule has 116 valence electrons. The molecule has 4 aromatic heterocycles. The molecule has 0 atom stereocenters. The summed E-state index contributed by atoms with van der Waals surface area (Å²) in [5.41, 5.74) is 3.36. The van der Waals surface area contributed by atoms with Crippen molar-refractivity contribution in [3.8, 4) is 17.2 Å². The van der Waals surface area contributed by atoms with Crippen LogP contribution in [0.1, 0.15) is 5.56 Å². The van der Waals surface area contributed by atoms with Crippen LogP contribution < -0.4 is 0 Å². The molecular formula is C17H12N6S. The lowest BCUT2D eigenvalue weighted by Gasteiger charge is -2.07. The van der Waals surface area contributed by atoms with E-state index in [4.69, 9.17) is 0 Å². The van der Waals surface area contributed by atoms with E-state index in [0.29, 0.717) is 5.56 Å². The van der Waals surface area contributed by atoms with Gasteiger partial charge in [-0.2, -0.15) is 15.5 Å². The lowest BCUT2D eigenvalue weighted by atomic mass is 10.1. The lowest BCUT2D eigenvalue weighted by molar-refractivity contribution is 0.768. The van der Waals surface area contributed by atoms with E-state index in [9.17, 15) is 5.26 Å². The number of aromatic nitrogens is 5. The molecule has 24 heavy (non-hydrogen) atoms. The smallest absolute Gasteiger partial charge is 0.103 e. The van der Waals surface area contributed by atoms with Crippen LogP contribution in [0.5, 0.6) is 0 Å². The first-order chi connectivity index (χ1) is 11.7. The standard InChI is InChI=1S/C17H12N6S/c1-22-10-14(8-20-22)12-5-16(24-15-3-2-4-19-9-15)17-13(6-18)7-21-23(17)11-12/h2-5,7-11H,1H3. The highest BCUT2D eigenvalue weighted by Crippen LogP contribution is 2.35. The zero-order chi connectivity index (χ0) is 16.5. The van der Waals surface area contributed by atoms with Gasteiger partial charge in [0.25, 0.3) is 0 Å². The molecule has 4 rings (SSSR count). The molecule has 0 aromatic carbocycles. The normalized spacial score (nSPS) is 10.8. The molecule has 0 radical (unpaired) electrons. The predicted octanol–water partition coefficient (Wildman–Crippen LogP) is 3.15. The number of nitriles is 1. The van der Waals surface area contributed by atoms with Gasteiger partial charge in [-0.1, -0.05) is 11.8 Å². The van der Waals surface area contributed by atoms with Gasteiger partial charge in [-0.15, -0.1) is 0 Å².